The van der Waals surface area contributed by atoms with Crippen LogP contribution in [0, 0.1) is 0 Å². The van der Waals surface area contributed by atoms with Crippen molar-refractivity contribution < 1.29 is 13.3 Å². The molecule has 6 heteroatoms. The highest BCUT2D eigenvalue weighted by Gasteiger charge is 2.38. The van der Waals surface area contributed by atoms with Gasteiger partial charge in [0.15, 0.2) is 0 Å². The molecule has 0 N–H and O–H groups in total. The molecule has 0 aromatic heterocycles. The molecule has 21 heavy (non-hydrogen) atoms. The SMILES string of the molecule is O=S(=O)(c1ccccc1Cl)N1OCCC1c1ccccc1. The monoisotopic (exact) mass is 323 g/mol. The zero-order chi connectivity index (χ0) is 14.9. The third-order valence-electron chi connectivity index (χ3n) is 3.40. The minimum atomic E-state index is -3.79. The second-order valence-corrected chi connectivity index (χ2v) is 6.90. The van der Waals surface area contributed by atoms with Crippen molar-refractivity contribution in [3.05, 3.63) is 65.2 Å². The summed E-state index contributed by atoms with van der Waals surface area (Å²) in [4.78, 5) is 5.45. The number of nitrogens with zero attached hydrogens (tertiary/aromatic N) is 1. The van der Waals surface area contributed by atoms with E-state index in [9.17, 15) is 8.42 Å². The number of hydrogen-bond donors (Lipinski definition) is 0. The number of hydroxylamine groups is 1. The molecule has 1 saturated heterocycles. The fourth-order valence-electron chi connectivity index (χ4n) is 2.40. The Bertz CT molecular complexity index is 734. The maximum Gasteiger partial charge on any atom is 0.267 e. The van der Waals surface area contributed by atoms with Crippen LogP contribution in [0.1, 0.15) is 18.0 Å². The fourth-order valence-corrected chi connectivity index (χ4v) is 4.36. The van der Waals surface area contributed by atoms with E-state index in [0.717, 1.165) is 10.0 Å². The summed E-state index contributed by atoms with van der Waals surface area (Å²) in [6.07, 6.45) is 0.619. The summed E-state index contributed by atoms with van der Waals surface area (Å²) in [5.74, 6) is 0. The molecule has 1 unspecified atom stereocenters. The largest absolute Gasteiger partial charge is 0.283 e. The molecule has 1 aliphatic rings. The van der Waals surface area contributed by atoms with E-state index in [0.29, 0.717) is 13.0 Å². The van der Waals surface area contributed by atoms with Crippen LogP contribution in [0.5, 0.6) is 0 Å². The van der Waals surface area contributed by atoms with Crippen LogP contribution in [0.3, 0.4) is 0 Å². The number of rotatable bonds is 3. The maximum atomic E-state index is 12.8. The van der Waals surface area contributed by atoms with E-state index in [2.05, 4.69) is 0 Å². The summed E-state index contributed by atoms with van der Waals surface area (Å²) in [5, 5.41) is 0.194. The molecule has 0 saturated carbocycles. The Morgan fingerprint density at radius 3 is 2.43 bits per heavy atom. The molecule has 1 aliphatic heterocycles. The first-order valence-electron chi connectivity index (χ1n) is 6.57. The van der Waals surface area contributed by atoms with E-state index in [1.807, 2.05) is 30.3 Å². The lowest BCUT2D eigenvalue weighted by molar-refractivity contribution is -0.0499. The van der Waals surface area contributed by atoms with E-state index >= 15 is 0 Å². The molecule has 0 bridgehead atoms. The van der Waals surface area contributed by atoms with Crippen LogP contribution >= 0.6 is 11.6 Å². The Balaban J connectivity index is 2.01. The Kier molecular flexibility index (Phi) is 3.99. The lowest BCUT2D eigenvalue weighted by atomic mass is 10.1. The second-order valence-electron chi connectivity index (χ2n) is 4.74. The van der Waals surface area contributed by atoms with E-state index in [-0.39, 0.29) is 16.0 Å². The molecule has 0 radical (unpaired) electrons. The molecular weight excluding hydrogens is 310 g/mol. The summed E-state index contributed by atoms with van der Waals surface area (Å²) in [7, 11) is -3.79. The smallest absolute Gasteiger partial charge is 0.267 e. The van der Waals surface area contributed by atoms with E-state index < -0.39 is 10.0 Å². The van der Waals surface area contributed by atoms with Crippen molar-refractivity contribution in [2.75, 3.05) is 6.61 Å². The quantitative estimate of drug-likeness (QED) is 0.869. The highest BCUT2D eigenvalue weighted by molar-refractivity contribution is 7.89. The molecule has 4 nitrogen and oxygen atoms in total. The van der Waals surface area contributed by atoms with Crippen molar-refractivity contribution in [2.24, 2.45) is 0 Å². The molecule has 1 fully saturated rings. The van der Waals surface area contributed by atoms with Crippen LogP contribution in [0.4, 0.5) is 0 Å². The molecule has 0 amide bonds. The summed E-state index contributed by atoms with van der Waals surface area (Å²) in [6, 6.07) is 15.5. The lowest BCUT2D eigenvalue weighted by Crippen LogP contribution is -2.29. The molecular formula is C15H14ClNO3S. The van der Waals surface area contributed by atoms with Gasteiger partial charge in [0, 0.05) is 0 Å². The third-order valence-corrected chi connectivity index (χ3v) is 5.59. The Labute approximate surface area is 128 Å². The van der Waals surface area contributed by atoms with Crippen molar-refractivity contribution in [3.63, 3.8) is 0 Å². The summed E-state index contributed by atoms with van der Waals surface area (Å²) >= 11 is 6.02. The van der Waals surface area contributed by atoms with Gasteiger partial charge in [-0.15, -0.1) is 0 Å². The van der Waals surface area contributed by atoms with Gasteiger partial charge in [0.05, 0.1) is 17.7 Å². The molecule has 1 atom stereocenters. The zero-order valence-electron chi connectivity index (χ0n) is 11.1. The highest BCUT2D eigenvalue weighted by atomic mass is 35.5. The van der Waals surface area contributed by atoms with Crippen molar-refractivity contribution in [1.29, 1.82) is 0 Å². The van der Waals surface area contributed by atoms with Gasteiger partial charge < -0.3 is 0 Å². The molecule has 0 aliphatic carbocycles. The molecule has 2 aromatic carbocycles. The molecule has 1 heterocycles. The van der Waals surface area contributed by atoms with E-state index in [1.165, 1.54) is 6.07 Å². The molecule has 2 aromatic rings. The minimum Gasteiger partial charge on any atom is -0.283 e. The van der Waals surface area contributed by atoms with Crippen molar-refractivity contribution in [1.82, 2.24) is 4.47 Å². The first-order chi connectivity index (χ1) is 10.1. The van der Waals surface area contributed by atoms with Crippen molar-refractivity contribution in [3.8, 4) is 0 Å². The average molecular weight is 324 g/mol. The van der Waals surface area contributed by atoms with Gasteiger partial charge in [-0.3, -0.25) is 4.84 Å². The summed E-state index contributed by atoms with van der Waals surface area (Å²) in [6.45, 7) is 0.364. The van der Waals surface area contributed by atoms with Crippen molar-refractivity contribution in [2.45, 2.75) is 17.4 Å². The van der Waals surface area contributed by atoms with Crippen LogP contribution in [0.2, 0.25) is 5.02 Å². The first-order valence-corrected chi connectivity index (χ1v) is 8.39. The molecule has 0 spiro atoms. The van der Waals surface area contributed by atoms with E-state index in [4.69, 9.17) is 16.4 Å². The van der Waals surface area contributed by atoms with Gasteiger partial charge in [0.1, 0.15) is 4.90 Å². The number of sulfonamides is 1. The van der Waals surface area contributed by atoms with Crippen LogP contribution in [-0.2, 0) is 14.9 Å². The van der Waals surface area contributed by atoms with Gasteiger partial charge in [-0.05, 0) is 24.1 Å². The van der Waals surface area contributed by atoms with Crippen molar-refractivity contribution >= 4 is 21.6 Å². The normalized spacial score (nSPS) is 19.8. The number of halogens is 1. The van der Waals surface area contributed by atoms with Crippen LogP contribution < -0.4 is 0 Å². The Morgan fingerprint density at radius 2 is 1.71 bits per heavy atom. The summed E-state index contributed by atoms with van der Waals surface area (Å²) in [5.41, 5.74) is 0.908. The van der Waals surface area contributed by atoms with E-state index in [1.54, 1.807) is 18.2 Å². The molecule has 110 valence electrons. The van der Waals surface area contributed by atoms with Gasteiger partial charge in [0.2, 0.25) is 0 Å². The highest BCUT2D eigenvalue weighted by Crippen LogP contribution is 2.36. The zero-order valence-corrected chi connectivity index (χ0v) is 12.7. The lowest BCUT2D eigenvalue weighted by Gasteiger charge is -2.22. The maximum absolute atomic E-state index is 12.8. The minimum absolute atomic E-state index is 0.0643. The fraction of sp³-hybridized carbons (Fsp3) is 0.200. The first kappa shape index (κ1) is 14.5. The average Bonchev–Trinajstić information content (AvgIpc) is 2.99. The van der Waals surface area contributed by atoms with Gasteiger partial charge in [-0.25, -0.2) is 8.42 Å². The summed E-state index contributed by atoms with van der Waals surface area (Å²) < 4.78 is 26.6. The van der Waals surface area contributed by atoms with Gasteiger partial charge in [-0.1, -0.05) is 58.5 Å². The Hall–Kier alpha value is -1.40. The Morgan fingerprint density at radius 1 is 1.05 bits per heavy atom. The number of hydrogen-bond acceptors (Lipinski definition) is 3. The van der Waals surface area contributed by atoms with Gasteiger partial charge in [-0.2, -0.15) is 0 Å². The number of benzene rings is 2. The second kappa shape index (κ2) is 5.77. The van der Waals surface area contributed by atoms with Crippen LogP contribution in [-0.4, -0.2) is 19.5 Å². The van der Waals surface area contributed by atoms with Gasteiger partial charge in [0.25, 0.3) is 10.0 Å². The topological polar surface area (TPSA) is 46.6 Å². The predicted molar refractivity (Wildman–Crippen MR) is 80.2 cm³/mol. The van der Waals surface area contributed by atoms with Crippen LogP contribution in [0.15, 0.2) is 59.5 Å². The predicted octanol–water partition coefficient (Wildman–Crippen LogP) is 3.41. The molecule has 3 rings (SSSR count). The van der Waals surface area contributed by atoms with Gasteiger partial charge >= 0.3 is 0 Å². The third kappa shape index (κ3) is 2.70. The van der Waals surface area contributed by atoms with Crippen LogP contribution in [0.25, 0.3) is 0 Å². The standard InChI is InChI=1S/C15H14ClNO3S/c16-13-8-4-5-9-15(13)21(18,19)17-14(10-11-20-17)12-6-2-1-3-7-12/h1-9,14H,10-11H2.